The van der Waals surface area contributed by atoms with Crippen LogP contribution in [-0.2, 0) is 12.8 Å². The Bertz CT molecular complexity index is 708. The number of nitrogens with zero attached hydrogens (tertiary/aromatic N) is 1. The molecule has 1 saturated heterocycles. The van der Waals surface area contributed by atoms with Crippen LogP contribution >= 0.6 is 11.8 Å². The van der Waals surface area contributed by atoms with Crippen molar-refractivity contribution in [1.29, 1.82) is 0 Å². The third-order valence-corrected chi connectivity index (χ3v) is 6.13. The van der Waals surface area contributed by atoms with Gasteiger partial charge >= 0.3 is 0 Å². The Balaban J connectivity index is 1.54. The van der Waals surface area contributed by atoms with Crippen LogP contribution in [0.15, 0.2) is 72.8 Å². The van der Waals surface area contributed by atoms with Crippen molar-refractivity contribution in [3.8, 4) is 0 Å². The third kappa shape index (κ3) is 6.91. The number of hydrogen-bond acceptors (Lipinski definition) is 2. The number of thioether (sulfide) groups is 1. The Morgan fingerprint density at radius 3 is 2.15 bits per heavy atom. The minimum Gasteiger partial charge on any atom is -0.334 e. The molecule has 0 saturated carbocycles. The molecule has 0 aromatic heterocycles. The molecule has 0 N–H and O–H groups in total. The van der Waals surface area contributed by atoms with E-state index in [2.05, 4.69) is 72.8 Å². The number of benzene rings is 2. The molecule has 1 amide bonds. The summed E-state index contributed by atoms with van der Waals surface area (Å²) in [4.78, 5) is 14.6. The number of allylic oxidation sites excluding steroid dienone is 1. The van der Waals surface area contributed by atoms with Crippen LogP contribution in [0.1, 0.15) is 36.8 Å². The van der Waals surface area contributed by atoms with Crippen LogP contribution in [0.3, 0.4) is 0 Å². The predicted octanol–water partition coefficient (Wildman–Crippen LogP) is 6.13. The first kappa shape index (κ1) is 19.8. The zero-order chi connectivity index (χ0) is 18.7. The first-order valence-corrected chi connectivity index (χ1v) is 10.9. The molecule has 2 aromatic carbocycles. The summed E-state index contributed by atoms with van der Waals surface area (Å²) in [5.74, 6) is 0. The van der Waals surface area contributed by atoms with E-state index in [0.29, 0.717) is 0 Å². The fourth-order valence-corrected chi connectivity index (χ4v) is 4.41. The Morgan fingerprint density at radius 2 is 1.52 bits per heavy atom. The van der Waals surface area contributed by atoms with E-state index in [9.17, 15) is 4.79 Å². The van der Waals surface area contributed by atoms with E-state index in [1.165, 1.54) is 22.9 Å². The smallest absolute Gasteiger partial charge is 0.282 e. The second-order valence-corrected chi connectivity index (χ2v) is 8.28. The maximum Gasteiger partial charge on any atom is 0.282 e. The summed E-state index contributed by atoms with van der Waals surface area (Å²) in [6.07, 6.45) is 10.9. The van der Waals surface area contributed by atoms with Crippen molar-refractivity contribution in [3.05, 3.63) is 83.9 Å². The van der Waals surface area contributed by atoms with E-state index in [0.717, 1.165) is 51.6 Å². The molecule has 1 fully saturated rings. The minimum atomic E-state index is 0.245. The summed E-state index contributed by atoms with van der Waals surface area (Å²) < 4.78 is 0. The molecule has 142 valence electrons. The van der Waals surface area contributed by atoms with Crippen LogP contribution in [0.2, 0.25) is 0 Å². The average Bonchev–Trinajstić information content (AvgIpc) is 3.26. The number of carbonyl (C=O) groups is 1. The fourth-order valence-electron chi connectivity index (χ4n) is 3.39. The van der Waals surface area contributed by atoms with E-state index in [4.69, 9.17) is 0 Å². The molecule has 0 radical (unpaired) electrons. The molecule has 27 heavy (non-hydrogen) atoms. The van der Waals surface area contributed by atoms with Gasteiger partial charge < -0.3 is 4.90 Å². The maximum absolute atomic E-state index is 12.6. The Hall–Kier alpha value is -2.00. The lowest BCUT2D eigenvalue weighted by Crippen LogP contribution is -2.25. The summed E-state index contributed by atoms with van der Waals surface area (Å²) >= 11 is 1.51. The quantitative estimate of drug-likeness (QED) is 0.515. The zero-order valence-electron chi connectivity index (χ0n) is 15.9. The number of carbonyl (C=O) groups excluding carboxylic acids is 1. The molecule has 2 nitrogen and oxygen atoms in total. The van der Waals surface area contributed by atoms with Crippen LogP contribution in [0.25, 0.3) is 0 Å². The zero-order valence-corrected chi connectivity index (χ0v) is 16.7. The first-order valence-electron chi connectivity index (χ1n) is 10.0. The standard InChI is InChI=1S/C24H29NOS/c26-24(25-19-9-10-20-25)27-23(18-17-22-13-5-2-6-14-22)16-8-7-15-21-11-3-1-4-12-21/h1-6,8,11-14,16,23H,7,9-10,15,17-20H2/b16-8+/t23-/m0/s1. The molecule has 1 aliphatic heterocycles. The Kier molecular flexibility index (Phi) is 8.03. The van der Waals surface area contributed by atoms with Gasteiger partial charge in [-0.2, -0.15) is 0 Å². The highest BCUT2D eigenvalue weighted by Gasteiger charge is 2.21. The molecule has 0 spiro atoms. The molecule has 3 rings (SSSR count). The normalized spacial score (nSPS) is 15.3. The van der Waals surface area contributed by atoms with E-state index >= 15 is 0 Å². The van der Waals surface area contributed by atoms with Crippen LogP contribution in [-0.4, -0.2) is 28.5 Å². The monoisotopic (exact) mass is 379 g/mol. The molecule has 1 atom stereocenters. The number of likely N-dealkylation sites (tertiary alicyclic amines) is 1. The van der Waals surface area contributed by atoms with E-state index in [1.807, 2.05) is 4.90 Å². The predicted molar refractivity (Wildman–Crippen MR) is 116 cm³/mol. The fraction of sp³-hybridized carbons (Fsp3) is 0.375. The molecule has 0 aliphatic carbocycles. The van der Waals surface area contributed by atoms with Crippen molar-refractivity contribution in [1.82, 2.24) is 4.90 Å². The van der Waals surface area contributed by atoms with Gasteiger partial charge in [0.05, 0.1) is 0 Å². The van der Waals surface area contributed by atoms with Gasteiger partial charge in [-0.3, -0.25) is 4.79 Å². The van der Waals surface area contributed by atoms with Crippen LogP contribution in [0.5, 0.6) is 0 Å². The van der Waals surface area contributed by atoms with Gasteiger partial charge in [0.25, 0.3) is 5.24 Å². The summed E-state index contributed by atoms with van der Waals surface area (Å²) in [5, 5.41) is 0.493. The first-order chi connectivity index (χ1) is 13.3. The van der Waals surface area contributed by atoms with Gasteiger partial charge in [0.15, 0.2) is 0 Å². The molecule has 0 bridgehead atoms. The Labute approximate surface area is 167 Å². The maximum atomic E-state index is 12.6. The number of aryl methyl sites for hydroxylation is 2. The van der Waals surface area contributed by atoms with E-state index in [-0.39, 0.29) is 10.5 Å². The second kappa shape index (κ2) is 11.0. The minimum absolute atomic E-state index is 0.245. The van der Waals surface area contributed by atoms with Crippen molar-refractivity contribution in [3.63, 3.8) is 0 Å². The van der Waals surface area contributed by atoms with Gasteiger partial charge in [0.1, 0.15) is 0 Å². The molecule has 1 aliphatic rings. The van der Waals surface area contributed by atoms with Crippen molar-refractivity contribution >= 4 is 17.0 Å². The SMILES string of the molecule is O=C(S[C@@H](/C=C/CCc1ccccc1)CCc1ccccc1)N1CCCC1. The van der Waals surface area contributed by atoms with Crippen molar-refractivity contribution in [2.45, 2.75) is 43.8 Å². The highest BCUT2D eigenvalue weighted by molar-refractivity contribution is 8.14. The summed E-state index contributed by atoms with van der Waals surface area (Å²) in [7, 11) is 0. The molecule has 1 heterocycles. The van der Waals surface area contributed by atoms with Crippen molar-refractivity contribution < 1.29 is 4.79 Å². The lowest BCUT2D eigenvalue weighted by Gasteiger charge is -2.18. The molecule has 0 unspecified atom stereocenters. The van der Waals surface area contributed by atoms with E-state index in [1.54, 1.807) is 0 Å². The largest absolute Gasteiger partial charge is 0.334 e. The van der Waals surface area contributed by atoms with Crippen LogP contribution in [0.4, 0.5) is 4.79 Å². The second-order valence-electron chi connectivity index (χ2n) is 7.09. The van der Waals surface area contributed by atoms with Gasteiger partial charge in [-0.25, -0.2) is 0 Å². The third-order valence-electron chi connectivity index (χ3n) is 4.97. The number of rotatable bonds is 8. The van der Waals surface area contributed by atoms with Gasteiger partial charge in [-0.05, 0) is 49.7 Å². The highest BCUT2D eigenvalue weighted by atomic mass is 32.2. The lowest BCUT2D eigenvalue weighted by atomic mass is 10.1. The summed E-state index contributed by atoms with van der Waals surface area (Å²) in [6.45, 7) is 1.85. The van der Waals surface area contributed by atoms with Crippen molar-refractivity contribution in [2.24, 2.45) is 0 Å². The molecule has 2 aromatic rings. The van der Waals surface area contributed by atoms with E-state index < -0.39 is 0 Å². The summed E-state index contributed by atoms with van der Waals surface area (Å²) in [6, 6.07) is 21.1. The average molecular weight is 380 g/mol. The van der Waals surface area contributed by atoms with Gasteiger partial charge in [-0.1, -0.05) is 84.6 Å². The van der Waals surface area contributed by atoms with Gasteiger partial charge in [-0.15, -0.1) is 0 Å². The van der Waals surface area contributed by atoms with Gasteiger partial charge in [0, 0.05) is 18.3 Å². The number of amides is 1. The van der Waals surface area contributed by atoms with Crippen molar-refractivity contribution in [2.75, 3.05) is 13.1 Å². The van der Waals surface area contributed by atoms with Crippen LogP contribution in [0, 0.1) is 0 Å². The topological polar surface area (TPSA) is 20.3 Å². The lowest BCUT2D eigenvalue weighted by molar-refractivity contribution is 0.233. The van der Waals surface area contributed by atoms with Gasteiger partial charge in [0.2, 0.25) is 0 Å². The summed E-state index contributed by atoms with van der Waals surface area (Å²) in [5.41, 5.74) is 2.71. The number of hydrogen-bond donors (Lipinski definition) is 0. The molecular formula is C24H29NOS. The Morgan fingerprint density at radius 1 is 0.926 bits per heavy atom. The molecule has 3 heteroatoms. The molecular weight excluding hydrogens is 350 g/mol. The highest BCUT2D eigenvalue weighted by Crippen LogP contribution is 2.24. The van der Waals surface area contributed by atoms with Crippen LogP contribution < -0.4 is 0 Å².